The van der Waals surface area contributed by atoms with Gasteiger partial charge in [-0.05, 0) is 49.7 Å². The summed E-state index contributed by atoms with van der Waals surface area (Å²) in [5, 5.41) is 8.02. The van der Waals surface area contributed by atoms with E-state index in [0.29, 0.717) is 16.7 Å². The van der Waals surface area contributed by atoms with Gasteiger partial charge in [0.05, 0.1) is 5.56 Å². The van der Waals surface area contributed by atoms with Crippen LogP contribution < -0.4 is 0 Å². The minimum Gasteiger partial charge on any atom is -0.478 e. The third-order valence-electron chi connectivity index (χ3n) is 3.06. The van der Waals surface area contributed by atoms with Crippen LogP contribution in [0.1, 0.15) is 55.3 Å². The first kappa shape index (κ1) is 19.3. The zero-order valence-corrected chi connectivity index (χ0v) is 13.8. The monoisotopic (exact) mass is 346 g/mol. The van der Waals surface area contributed by atoms with Crippen LogP contribution in [0, 0.1) is 0 Å². The Kier molecular flexibility index (Phi) is 7.01. The molecule has 24 heavy (non-hydrogen) atoms. The molecule has 2 aromatic carbocycles. The summed E-state index contributed by atoms with van der Waals surface area (Å²) in [6.45, 7) is 2.91. The van der Waals surface area contributed by atoms with Crippen molar-refractivity contribution in [3.8, 4) is 0 Å². The molecule has 0 saturated carbocycles. The molecule has 5 nitrogen and oxygen atoms in total. The van der Waals surface area contributed by atoms with E-state index in [-0.39, 0.29) is 17.1 Å². The lowest BCUT2D eigenvalue weighted by molar-refractivity contribution is 0.0696. The van der Waals surface area contributed by atoms with E-state index in [0.717, 1.165) is 0 Å². The number of Topliss-reactive ketones (excluding diaryl/α,β-unsaturated/α-hetero) is 2. The lowest BCUT2D eigenvalue weighted by Gasteiger charge is -1.95. The molecule has 0 saturated heterocycles. The van der Waals surface area contributed by atoms with Crippen molar-refractivity contribution in [2.45, 2.75) is 13.8 Å². The number of hydrogen-bond acceptors (Lipinski definition) is 4. The highest BCUT2D eigenvalue weighted by Gasteiger charge is 2.03. The summed E-state index contributed by atoms with van der Waals surface area (Å²) in [6, 6.07) is 12.1. The van der Waals surface area contributed by atoms with E-state index in [1.807, 2.05) is 0 Å². The van der Waals surface area contributed by atoms with Crippen molar-refractivity contribution >= 4 is 34.4 Å². The molecule has 0 aromatic heterocycles. The van der Waals surface area contributed by atoms with Crippen LogP contribution in [0.3, 0.4) is 0 Å². The highest BCUT2D eigenvalue weighted by atomic mass is 35.5. The Bertz CT molecular complexity index is 628. The van der Waals surface area contributed by atoms with Gasteiger partial charge in [-0.15, -0.1) is 0 Å². The molecule has 6 heteroatoms. The van der Waals surface area contributed by atoms with E-state index < -0.39 is 11.2 Å². The average molecular weight is 347 g/mol. The van der Waals surface area contributed by atoms with Crippen molar-refractivity contribution in [2.75, 3.05) is 0 Å². The average Bonchev–Trinajstić information content (AvgIpc) is 2.55. The topological polar surface area (TPSA) is 88.5 Å². The van der Waals surface area contributed by atoms with E-state index in [1.54, 1.807) is 12.1 Å². The normalized spacial score (nSPS) is 9.46. The van der Waals surface area contributed by atoms with E-state index in [9.17, 15) is 19.2 Å². The maximum atomic E-state index is 10.8. The summed E-state index contributed by atoms with van der Waals surface area (Å²) in [4.78, 5) is 42.6. The molecular weight excluding hydrogens is 332 g/mol. The van der Waals surface area contributed by atoms with Gasteiger partial charge in [0, 0.05) is 16.7 Å². The maximum absolute atomic E-state index is 10.8. The van der Waals surface area contributed by atoms with Crippen molar-refractivity contribution in [1.82, 2.24) is 0 Å². The molecule has 0 bridgehead atoms. The predicted octanol–water partition coefficient (Wildman–Crippen LogP) is 3.86. The highest BCUT2D eigenvalue weighted by Crippen LogP contribution is 2.07. The molecule has 0 spiro atoms. The van der Waals surface area contributed by atoms with Crippen LogP contribution >= 0.6 is 11.6 Å². The van der Waals surface area contributed by atoms with Crippen molar-refractivity contribution in [2.24, 2.45) is 0 Å². The molecule has 1 N–H and O–H groups in total. The number of carbonyl (C=O) groups is 4. The van der Waals surface area contributed by atoms with Crippen LogP contribution in [0.25, 0.3) is 0 Å². The summed E-state index contributed by atoms with van der Waals surface area (Å²) >= 11 is 5.21. The van der Waals surface area contributed by atoms with Gasteiger partial charge < -0.3 is 5.11 Å². The first-order valence-corrected chi connectivity index (χ1v) is 7.25. The molecule has 0 atom stereocenters. The first-order chi connectivity index (χ1) is 11.2. The molecular formula is C18H15ClO5. The van der Waals surface area contributed by atoms with Crippen LogP contribution in [0.4, 0.5) is 0 Å². The van der Waals surface area contributed by atoms with Crippen LogP contribution in [0.5, 0.6) is 0 Å². The standard InChI is InChI=1S/C9H7ClO2.C9H8O3/c1-6(11)7-2-4-8(5-3-7)9(10)12;1-6(10)7-2-4-8(5-3-7)9(11)12/h2-5H,1H3;2-5H,1H3,(H,11,12). The van der Waals surface area contributed by atoms with E-state index in [4.69, 9.17) is 16.7 Å². The Hall–Kier alpha value is -2.79. The fourth-order valence-electron chi connectivity index (χ4n) is 1.68. The molecule has 0 aliphatic carbocycles. The van der Waals surface area contributed by atoms with Gasteiger partial charge in [-0.3, -0.25) is 14.4 Å². The summed E-state index contributed by atoms with van der Waals surface area (Å²) < 4.78 is 0. The Morgan fingerprint density at radius 2 is 0.958 bits per heavy atom. The third kappa shape index (κ3) is 5.78. The summed E-state index contributed by atoms with van der Waals surface area (Å²) in [5.41, 5.74) is 1.71. The molecule has 124 valence electrons. The zero-order chi connectivity index (χ0) is 18.3. The number of halogens is 1. The second-order valence-electron chi connectivity index (χ2n) is 4.85. The van der Waals surface area contributed by atoms with Gasteiger partial charge in [0.1, 0.15) is 0 Å². The van der Waals surface area contributed by atoms with Crippen molar-refractivity contribution in [1.29, 1.82) is 0 Å². The SMILES string of the molecule is CC(=O)c1ccc(C(=O)Cl)cc1.CC(=O)c1ccc(C(=O)O)cc1. The van der Waals surface area contributed by atoms with Crippen LogP contribution in [0.2, 0.25) is 0 Å². The zero-order valence-electron chi connectivity index (χ0n) is 13.1. The Morgan fingerprint density at radius 3 is 1.21 bits per heavy atom. The number of rotatable bonds is 4. The van der Waals surface area contributed by atoms with Gasteiger partial charge >= 0.3 is 5.97 Å². The number of ketones is 2. The fourth-order valence-corrected chi connectivity index (χ4v) is 1.81. The molecule has 0 aliphatic heterocycles. The molecule has 0 unspecified atom stereocenters. The number of carboxylic acid groups (broad SMARTS) is 1. The van der Waals surface area contributed by atoms with Crippen LogP contribution in [0.15, 0.2) is 48.5 Å². The Balaban J connectivity index is 0.000000240. The molecule has 0 fully saturated rings. The van der Waals surface area contributed by atoms with E-state index in [2.05, 4.69) is 0 Å². The van der Waals surface area contributed by atoms with Gasteiger partial charge in [-0.25, -0.2) is 4.79 Å². The number of carboxylic acids is 1. The second-order valence-corrected chi connectivity index (χ2v) is 5.19. The predicted molar refractivity (Wildman–Crippen MR) is 90.0 cm³/mol. The Morgan fingerprint density at radius 1 is 0.667 bits per heavy atom. The summed E-state index contributed by atoms with van der Waals surface area (Å²) in [5.74, 6) is -1.07. The molecule has 2 aromatic rings. The fraction of sp³-hybridized carbons (Fsp3) is 0.111. The minimum absolute atomic E-state index is 0.0245. The van der Waals surface area contributed by atoms with Crippen LogP contribution in [-0.2, 0) is 0 Å². The lowest BCUT2D eigenvalue weighted by Crippen LogP contribution is -1.97. The minimum atomic E-state index is -0.981. The second kappa shape index (κ2) is 8.74. The number of aromatic carboxylic acids is 1. The molecule has 2 rings (SSSR count). The van der Waals surface area contributed by atoms with E-state index in [1.165, 1.54) is 50.2 Å². The van der Waals surface area contributed by atoms with Gasteiger partial charge in [-0.1, -0.05) is 24.3 Å². The number of carbonyl (C=O) groups excluding carboxylic acids is 3. The van der Waals surface area contributed by atoms with Gasteiger partial charge in [0.25, 0.3) is 5.24 Å². The van der Waals surface area contributed by atoms with Crippen molar-refractivity contribution < 1.29 is 24.3 Å². The molecule has 0 heterocycles. The maximum Gasteiger partial charge on any atom is 0.335 e. The Labute approximate surface area is 143 Å². The summed E-state index contributed by atoms with van der Waals surface area (Å²) in [6.07, 6.45) is 0. The number of hydrogen-bond donors (Lipinski definition) is 1. The smallest absolute Gasteiger partial charge is 0.335 e. The molecule has 0 aliphatic rings. The highest BCUT2D eigenvalue weighted by molar-refractivity contribution is 6.67. The quantitative estimate of drug-likeness (QED) is 0.670. The van der Waals surface area contributed by atoms with Gasteiger partial charge in [0.2, 0.25) is 0 Å². The van der Waals surface area contributed by atoms with Crippen LogP contribution in [-0.4, -0.2) is 27.9 Å². The number of benzene rings is 2. The molecule has 0 radical (unpaired) electrons. The van der Waals surface area contributed by atoms with Crippen molar-refractivity contribution in [3.63, 3.8) is 0 Å². The third-order valence-corrected chi connectivity index (χ3v) is 3.27. The van der Waals surface area contributed by atoms with Crippen molar-refractivity contribution in [3.05, 3.63) is 70.8 Å². The lowest BCUT2D eigenvalue weighted by atomic mass is 10.1. The largest absolute Gasteiger partial charge is 0.478 e. The summed E-state index contributed by atoms with van der Waals surface area (Å²) in [7, 11) is 0. The van der Waals surface area contributed by atoms with E-state index >= 15 is 0 Å². The van der Waals surface area contributed by atoms with Gasteiger partial charge in [-0.2, -0.15) is 0 Å². The van der Waals surface area contributed by atoms with Gasteiger partial charge in [0.15, 0.2) is 11.6 Å². The first-order valence-electron chi connectivity index (χ1n) is 6.87. The molecule has 0 amide bonds.